The predicted octanol–water partition coefficient (Wildman–Crippen LogP) is 1.66. The average Bonchev–Trinajstić information content (AvgIpc) is 2.12. The molecule has 0 saturated heterocycles. The fourth-order valence-electron chi connectivity index (χ4n) is 1.66. The first kappa shape index (κ1) is 9.24. The van der Waals surface area contributed by atoms with E-state index in [1.807, 2.05) is 0 Å². The van der Waals surface area contributed by atoms with E-state index in [0.717, 1.165) is 12.5 Å². The Labute approximate surface area is 83.9 Å². The molecular formula is C10H16N4. The number of nitrogens with one attached hydrogen (secondary N) is 1. The Morgan fingerprint density at radius 3 is 2.79 bits per heavy atom. The zero-order valence-corrected chi connectivity index (χ0v) is 8.24. The molecule has 0 spiro atoms. The van der Waals surface area contributed by atoms with Crippen molar-refractivity contribution in [3.8, 4) is 0 Å². The Hall–Kier alpha value is -1.32. The van der Waals surface area contributed by atoms with Gasteiger partial charge >= 0.3 is 0 Å². The summed E-state index contributed by atoms with van der Waals surface area (Å²) >= 11 is 0. The van der Waals surface area contributed by atoms with E-state index in [9.17, 15) is 0 Å². The average molecular weight is 192 g/mol. The third-order valence-electron chi connectivity index (χ3n) is 2.80. The molecule has 1 aromatic rings. The minimum Gasteiger partial charge on any atom is -0.381 e. The maximum Gasteiger partial charge on any atom is 0.168 e. The first-order chi connectivity index (χ1) is 6.86. The van der Waals surface area contributed by atoms with E-state index in [2.05, 4.69) is 15.3 Å². The zero-order valence-electron chi connectivity index (χ0n) is 8.24. The second-order valence-corrected chi connectivity index (χ2v) is 3.80. The molecule has 0 radical (unpaired) electrons. The van der Waals surface area contributed by atoms with Crippen molar-refractivity contribution < 1.29 is 0 Å². The summed E-state index contributed by atoms with van der Waals surface area (Å²) in [6.45, 7) is 0.952. The molecule has 1 aliphatic rings. The second-order valence-electron chi connectivity index (χ2n) is 3.80. The van der Waals surface area contributed by atoms with Gasteiger partial charge < -0.3 is 11.1 Å². The molecule has 1 aromatic heterocycles. The van der Waals surface area contributed by atoms with Crippen LogP contribution in [0.2, 0.25) is 0 Å². The fourth-order valence-corrected chi connectivity index (χ4v) is 1.66. The molecule has 3 N–H and O–H groups in total. The molecule has 0 unspecified atom stereocenters. The highest BCUT2D eigenvalue weighted by Crippen LogP contribution is 2.29. The lowest BCUT2D eigenvalue weighted by Gasteiger charge is -2.25. The van der Waals surface area contributed by atoms with Crippen LogP contribution in [0.1, 0.15) is 25.7 Å². The van der Waals surface area contributed by atoms with Gasteiger partial charge in [-0.3, -0.25) is 0 Å². The number of nitrogens with two attached hydrogens (primary N) is 1. The van der Waals surface area contributed by atoms with Crippen molar-refractivity contribution in [2.45, 2.75) is 25.7 Å². The van der Waals surface area contributed by atoms with Gasteiger partial charge in [-0.2, -0.15) is 0 Å². The van der Waals surface area contributed by atoms with Crippen molar-refractivity contribution in [1.29, 1.82) is 0 Å². The van der Waals surface area contributed by atoms with Gasteiger partial charge in [0.2, 0.25) is 0 Å². The Morgan fingerprint density at radius 1 is 1.36 bits per heavy atom. The molecule has 0 aromatic carbocycles. The Morgan fingerprint density at radius 2 is 2.14 bits per heavy atom. The minimum atomic E-state index is 0.487. The van der Waals surface area contributed by atoms with Crippen LogP contribution in [-0.4, -0.2) is 16.5 Å². The second kappa shape index (κ2) is 4.26. The summed E-state index contributed by atoms with van der Waals surface area (Å²) in [7, 11) is 0. The lowest BCUT2D eigenvalue weighted by atomic mass is 9.83. The molecular weight excluding hydrogens is 176 g/mol. The highest BCUT2D eigenvalue weighted by Gasteiger charge is 2.16. The van der Waals surface area contributed by atoms with Crippen LogP contribution in [0.15, 0.2) is 12.4 Å². The fraction of sp³-hybridized carbons (Fsp3) is 0.600. The van der Waals surface area contributed by atoms with Crippen molar-refractivity contribution in [2.24, 2.45) is 5.92 Å². The lowest BCUT2D eigenvalue weighted by Crippen LogP contribution is -2.16. The Bertz CT molecular complexity index is 296. The monoisotopic (exact) mass is 192 g/mol. The highest BCUT2D eigenvalue weighted by atomic mass is 15.0. The molecule has 0 aliphatic heterocycles. The molecule has 4 heteroatoms. The molecule has 4 nitrogen and oxygen atoms in total. The topological polar surface area (TPSA) is 63.8 Å². The van der Waals surface area contributed by atoms with Gasteiger partial charge in [0.1, 0.15) is 0 Å². The smallest absolute Gasteiger partial charge is 0.168 e. The minimum absolute atomic E-state index is 0.487. The van der Waals surface area contributed by atoms with Crippen molar-refractivity contribution >= 4 is 11.6 Å². The SMILES string of the molecule is Nc1nccnc1NCCC1CCC1. The van der Waals surface area contributed by atoms with Crippen molar-refractivity contribution in [1.82, 2.24) is 9.97 Å². The Balaban J connectivity index is 1.76. The zero-order chi connectivity index (χ0) is 9.80. The van der Waals surface area contributed by atoms with Gasteiger partial charge in [0.25, 0.3) is 0 Å². The maximum atomic E-state index is 5.65. The molecule has 1 fully saturated rings. The van der Waals surface area contributed by atoms with E-state index in [-0.39, 0.29) is 0 Å². The quantitative estimate of drug-likeness (QED) is 0.761. The van der Waals surface area contributed by atoms with Gasteiger partial charge in [-0.05, 0) is 12.3 Å². The number of rotatable bonds is 4. The van der Waals surface area contributed by atoms with Crippen LogP contribution in [0.25, 0.3) is 0 Å². The molecule has 2 rings (SSSR count). The number of aromatic nitrogens is 2. The van der Waals surface area contributed by atoms with E-state index in [0.29, 0.717) is 11.6 Å². The van der Waals surface area contributed by atoms with Crippen LogP contribution >= 0.6 is 0 Å². The van der Waals surface area contributed by atoms with E-state index in [1.165, 1.54) is 25.7 Å². The van der Waals surface area contributed by atoms with Crippen LogP contribution < -0.4 is 11.1 Å². The van der Waals surface area contributed by atoms with Crippen molar-refractivity contribution in [2.75, 3.05) is 17.6 Å². The van der Waals surface area contributed by atoms with E-state index < -0.39 is 0 Å². The number of nitrogens with zero attached hydrogens (tertiary/aromatic N) is 2. The standard InChI is InChI=1S/C10H16N4/c11-9-10(14-7-6-12-9)13-5-4-8-2-1-3-8/h6-8H,1-5H2,(H2,11,12)(H,13,14). The van der Waals surface area contributed by atoms with Gasteiger partial charge in [0.05, 0.1) is 0 Å². The van der Waals surface area contributed by atoms with Gasteiger partial charge in [0, 0.05) is 18.9 Å². The third kappa shape index (κ3) is 2.13. The summed E-state index contributed by atoms with van der Waals surface area (Å²) in [4.78, 5) is 8.08. The summed E-state index contributed by atoms with van der Waals surface area (Å²) < 4.78 is 0. The van der Waals surface area contributed by atoms with Crippen molar-refractivity contribution in [3.63, 3.8) is 0 Å². The summed E-state index contributed by atoms with van der Waals surface area (Å²) in [6.07, 6.45) is 8.65. The summed E-state index contributed by atoms with van der Waals surface area (Å²) in [5.74, 6) is 2.12. The maximum absolute atomic E-state index is 5.65. The largest absolute Gasteiger partial charge is 0.381 e. The molecule has 0 amide bonds. The van der Waals surface area contributed by atoms with Crippen molar-refractivity contribution in [3.05, 3.63) is 12.4 Å². The van der Waals surface area contributed by atoms with Crippen LogP contribution in [0.5, 0.6) is 0 Å². The van der Waals surface area contributed by atoms with Gasteiger partial charge in [-0.25, -0.2) is 9.97 Å². The van der Waals surface area contributed by atoms with E-state index in [4.69, 9.17) is 5.73 Å². The number of nitrogen functional groups attached to an aromatic ring is 1. The van der Waals surface area contributed by atoms with Gasteiger partial charge in [-0.1, -0.05) is 19.3 Å². The van der Waals surface area contributed by atoms with Crippen LogP contribution in [0.4, 0.5) is 11.6 Å². The highest BCUT2D eigenvalue weighted by molar-refractivity contribution is 5.54. The van der Waals surface area contributed by atoms with E-state index in [1.54, 1.807) is 12.4 Å². The summed E-state index contributed by atoms with van der Waals surface area (Å²) in [5.41, 5.74) is 5.65. The lowest BCUT2D eigenvalue weighted by molar-refractivity contribution is 0.303. The van der Waals surface area contributed by atoms with Crippen LogP contribution in [0.3, 0.4) is 0 Å². The van der Waals surface area contributed by atoms with Crippen LogP contribution in [-0.2, 0) is 0 Å². The summed E-state index contributed by atoms with van der Waals surface area (Å²) in [5, 5.41) is 3.21. The predicted molar refractivity (Wildman–Crippen MR) is 56.9 cm³/mol. The molecule has 1 aliphatic carbocycles. The number of anilines is 2. The molecule has 1 heterocycles. The normalized spacial score (nSPS) is 16.3. The van der Waals surface area contributed by atoms with Gasteiger partial charge in [-0.15, -0.1) is 0 Å². The molecule has 76 valence electrons. The van der Waals surface area contributed by atoms with Crippen LogP contribution in [0, 0.1) is 5.92 Å². The molecule has 0 atom stereocenters. The number of hydrogen-bond donors (Lipinski definition) is 2. The first-order valence-corrected chi connectivity index (χ1v) is 5.16. The summed E-state index contributed by atoms with van der Waals surface area (Å²) in [6, 6.07) is 0. The van der Waals surface area contributed by atoms with Gasteiger partial charge in [0.15, 0.2) is 11.6 Å². The Kier molecular flexibility index (Phi) is 2.81. The molecule has 14 heavy (non-hydrogen) atoms. The first-order valence-electron chi connectivity index (χ1n) is 5.16. The third-order valence-corrected chi connectivity index (χ3v) is 2.80. The molecule has 0 bridgehead atoms. The molecule has 1 saturated carbocycles. The van der Waals surface area contributed by atoms with E-state index >= 15 is 0 Å². The number of hydrogen-bond acceptors (Lipinski definition) is 4.